The first-order valence-electron chi connectivity index (χ1n) is 9.12. The maximum Gasteiger partial charge on any atom is 0.395 e. The summed E-state index contributed by atoms with van der Waals surface area (Å²) in [5.74, 6) is -1.51. The van der Waals surface area contributed by atoms with Crippen LogP contribution in [0.3, 0.4) is 0 Å². The molecular formula is C22H16ClF3N2O2. The molecule has 30 heavy (non-hydrogen) atoms. The Morgan fingerprint density at radius 2 is 1.93 bits per heavy atom. The minimum absolute atomic E-state index is 0.120. The summed E-state index contributed by atoms with van der Waals surface area (Å²) in [6.07, 6.45) is 1.18. The number of aromatic nitrogens is 2. The van der Waals surface area contributed by atoms with Crippen LogP contribution in [0.1, 0.15) is 29.4 Å². The molecule has 2 atom stereocenters. The zero-order valence-corrected chi connectivity index (χ0v) is 16.2. The third-order valence-electron chi connectivity index (χ3n) is 4.91. The van der Waals surface area contributed by atoms with Crippen molar-refractivity contribution in [3.05, 3.63) is 88.9 Å². The van der Waals surface area contributed by atoms with Crippen LogP contribution in [0.2, 0.25) is 5.02 Å². The maximum absolute atomic E-state index is 13.3. The number of hydrogen-bond acceptors (Lipinski definition) is 4. The summed E-state index contributed by atoms with van der Waals surface area (Å²) in [5.41, 5.74) is 2.01. The summed E-state index contributed by atoms with van der Waals surface area (Å²) in [6.45, 7) is 0. The van der Waals surface area contributed by atoms with Gasteiger partial charge in [-0.1, -0.05) is 53.2 Å². The van der Waals surface area contributed by atoms with Gasteiger partial charge >= 0.3 is 6.18 Å². The summed E-state index contributed by atoms with van der Waals surface area (Å²) in [5, 5.41) is 15.7. The lowest BCUT2D eigenvalue weighted by atomic mass is 9.88. The number of halogens is 4. The average molecular weight is 433 g/mol. The third-order valence-corrected chi connectivity index (χ3v) is 5.16. The van der Waals surface area contributed by atoms with E-state index < -0.39 is 18.2 Å². The van der Waals surface area contributed by atoms with Gasteiger partial charge in [-0.05, 0) is 30.2 Å². The minimum Gasteiger partial charge on any atom is -0.383 e. The second-order valence-corrected chi connectivity index (χ2v) is 7.34. The number of aliphatic hydroxyl groups excluding tert-OH is 1. The lowest BCUT2D eigenvalue weighted by molar-refractivity contribution is -0.159. The molecule has 1 aliphatic carbocycles. The molecule has 1 aliphatic rings. The molecular weight excluding hydrogens is 417 g/mol. The molecule has 2 unspecified atom stereocenters. The zero-order chi connectivity index (χ0) is 21.3. The standard InChI is InChI=1S/C22H16ClF3N2O2/c23-17-8-6-13(7-9-17)19-18(20(29)15-4-2-10-27-12-15)21(30-28-19)14-3-1-5-16(11-14)22(24,25)26/h1-10,12,16,20,29H,11H2. The van der Waals surface area contributed by atoms with E-state index in [4.69, 9.17) is 16.1 Å². The number of hydrogen-bond donors (Lipinski definition) is 1. The Hall–Kier alpha value is -2.90. The number of pyridine rings is 1. The highest BCUT2D eigenvalue weighted by Crippen LogP contribution is 2.42. The Morgan fingerprint density at radius 3 is 2.60 bits per heavy atom. The molecule has 8 heteroatoms. The molecule has 0 radical (unpaired) electrons. The van der Waals surface area contributed by atoms with Crippen molar-refractivity contribution in [2.24, 2.45) is 5.92 Å². The molecule has 0 amide bonds. The average Bonchev–Trinajstić information content (AvgIpc) is 3.19. The highest BCUT2D eigenvalue weighted by atomic mass is 35.5. The van der Waals surface area contributed by atoms with E-state index in [1.165, 1.54) is 12.3 Å². The van der Waals surface area contributed by atoms with Gasteiger partial charge in [0, 0.05) is 28.5 Å². The van der Waals surface area contributed by atoms with E-state index in [0.717, 1.165) is 6.08 Å². The van der Waals surface area contributed by atoms with Gasteiger partial charge in [-0.15, -0.1) is 0 Å². The minimum atomic E-state index is -4.38. The lowest BCUT2D eigenvalue weighted by Crippen LogP contribution is -2.22. The molecule has 154 valence electrons. The number of aliphatic hydroxyl groups is 1. The second-order valence-electron chi connectivity index (χ2n) is 6.90. The van der Waals surface area contributed by atoms with Gasteiger partial charge in [-0.3, -0.25) is 4.98 Å². The summed E-state index contributed by atoms with van der Waals surface area (Å²) < 4.78 is 45.3. The molecule has 0 saturated heterocycles. The first kappa shape index (κ1) is 20.4. The summed E-state index contributed by atoms with van der Waals surface area (Å²) in [4.78, 5) is 4.01. The van der Waals surface area contributed by atoms with Crippen LogP contribution in [0.4, 0.5) is 13.2 Å². The van der Waals surface area contributed by atoms with E-state index in [2.05, 4.69) is 10.1 Å². The number of allylic oxidation sites excluding steroid dienone is 4. The van der Waals surface area contributed by atoms with E-state index in [1.54, 1.807) is 48.7 Å². The fourth-order valence-corrected chi connectivity index (χ4v) is 3.50. The monoisotopic (exact) mass is 432 g/mol. The van der Waals surface area contributed by atoms with E-state index in [9.17, 15) is 18.3 Å². The SMILES string of the molecule is OC(c1cccnc1)c1c(-c2ccc(Cl)cc2)noc1C1=CC=CC(C(F)(F)F)C1. The number of nitrogens with zero attached hydrogens (tertiary/aromatic N) is 2. The van der Waals surface area contributed by atoms with Crippen LogP contribution in [0, 0.1) is 5.92 Å². The Bertz CT molecular complexity index is 1090. The van der Waals surface area contributed by atoms with Crippen LogP contribution < -0.4 is 0 Å². The van der Waals surface area contributed by atoms with Crippen LogP contribution in [-0.2, 0) is 0 Å². The van der Waals surface area contributed by atoms with Gasteiger partial charge in [0.25, 0.3) is 0 Å². The van der Waals surface area contributed by atoms with Gasteiger partial charge in [0.05, 0.1) is 11.5 Å². The van der Waals surface area contributed by atoms with Gasteiger partial charge in [-0.25, -0.2) is 0 Å². The molecule has 1 aromatic carbocycles. The molecule has 0 saturated carbocycles. The van der Waals surface area contributed by atoms with Gasteiger partial charge < -0.3 is 9.63 Å². The third kappa shape index (κ3) is 4.04. The van der Waals surface area contributed by atoms with Crippen molar-refractivity contribution < 1.29 is 22.8 Å². The van der Waals surface area contributed by atoms with Gasteiger partial charge in [0.15, 0.2) is 5.76 Å². The predicted molar refractivity (Wildman–Crippen MR) is 107 cm³/mol. The van der Waals surface area contributed by atoms with Crippen molar-refractivity contribution in [1.29, 1.82) is 0 Å². The topological polar surface area (TPSA) is 59.2 Å². The molecule has 0 aliphatic heterocycles. The highest BCUT2D eigenvalue weighted by Gasteiger charge is 2.40. The number of rotatable bonds is 4. The fraction of sp³-hybridized carbons (Fsp3) is 0.182. The van der Waals surface area contributed by atoms with Crippen LogP contribution >= 0.6 is 11.6 Å². The van der Waals surface area contributed by atoms with Crippen molar-refractivity contribution in [3.8, 4) is 11.3 Å². The quantitative estimate of drug-likeness (QED) is 0.549. The molecule has 3 aromatic rings. The van der Waals surface area contributed by atoms with E-state index in [0.29, 0.717) is 27.4 Å². The van der Waals surface area contributed by atoms with Crippen LogP contribution in [0.15, 0.2) is 71.5 Å². The molecule has 2 heterocycles. The first-order chi connectivity index (χ1) is 14.3. The highest BCUT2D eigenvalue weighted by molar-refractivity contribution is 6.30. The molecule has 0 spiro atoms. The summed E-state index contributed by atoms with van der Waals surface area (Å²) in [6, 6.07) is 10.1. The molecule has 4 rings (SSSR count). The van der Waals surface area contributed by atoms with E-state index in [-0.39, 0.29) is 17.7 Å². The van der Waals surface area contributed by atoms with Crippen molar-refractivity contribution in [3.63, 3.8) is 0 Å². The van der Waals surface area contributed by atoms with Gasteiger partial charge in [0.2, 0.25) is 0 Å². The van der Waals surface area contributed by atoms with Crippen LogP contribution in [-0.4, -0.2) is 21.4 Å². The molecule has 1 N–H and O–H groups in total. The van der Waals surface area contributed by atoms with E-state index in [1.807, 2.05) is 0 Å². The lowest BCUT2D eigenvalue weighted by Gasteiger charge is -2.21. The van der Waals surface area contributed by atoms with Crippen molar-refractivity contribution in [1.82, 2.24) is 10.1 Å². The Morgan fingerprint density at radius 1 is 1.17 bits per heavy atom. The second kappa shape index (κ2) is 8.08. The molecule has 2 aromatic heterocycles. The normalized spacial score (nSPS) is 17.6. The van der Waals surface area contributed by atoms with Gasteiger partial charge in [0.1, 0.15) is 11.8 Å². The Balaban J connectivity index is 1.82. The Kier molecular flexibility index (Phi) is 5.49. The van der Waals surface area contributed by atoms with E-state index >= 15 is 0 Å². The first-order valence-corrected chi connectivity index (χ1v) is 9.50. The predicted octanol–water partition coefficient (Wildman–Crippen LogP) is 5.99. The summed E-state index contributed by atoms with van der Waals surface area (Å²) >= 11 is 5.96. The molecule has 4 nitrogen and oxygen atoms in total. The van der Waals surface area contributed by atoms with Crippen molar-refractivity contribution >= 4 is 17.2 Å². The number of benzene rings is 1. The zero-order valence-electron chi connectivity index (χ0n) is 15.5. The fourth-order valence-electron chi connectivity index (χ4n) is 3.37. The molecule has 0 fully saturated rings. The van der Waals surface area contributed by atoms with Crippen LogP contribution in [0.5, 0.6) is 0 Å². The summed E-state index contributed by atoms with van der Waals surface area (Å²) in [7, 11) is 0. The van der Waals surface area contributed by atoms with Crippen LogP contribution in [0.25, 0.3) is 16.8 Å². The Labute approximate surface area is 175 Å². The maximum atomic E-state index is 13.3. The largest absolute Gasteiger partial charge is 0.395 e. The van der Waals surface area contributed by atoms with Gasteiger partial charge in [-0.2, -0.15) is 13.2 Å². The van der Waals surface area contributed by atoms with Crippen molar-refractivity contribution in [2.75, 3.05) is 0 Å². The van der Waals surface area contributed by atoms with Crippen molar-refractivity contribution in [2.45, 2.75) is 18.7 Å². The smallest absolute Gasteiger partial charge is 0.383 e. The number of alkyl halides is 3. The molecule has 0 bridgehead atoms.